The highest BCUT2D eigenvalue weighted by molar-refractivity contribution is 8.19. The molecule has 1 heterocycles. The minimum atomic E-state index is -0.264. The number of rotatable bonds is 2. The topological polar surface area (TPSA) is 37.4 Å². The van der Waals surface area contributed by atoms with Gasteiger partial charge < -0.3 is 0 Å². The van der Waals surface area contributed by atoms with Crippen LogP contribution in [0.15, 0.2) is 59.5 Å². The first kappa shape index (κ1) is 13.6. The Morgan fingerprint density at radius 2 is 1.76 bits per heavy atom. The summed E-state index contributed by atoms with van der Waals surface area (Å²) >= 11 is 0.976. The average molecular weight is 295 g/mol. The van der Waals surface area contributed by atoms with Crippen molar-refractivity contribution in [1.82, 2.24) is 0 Å². The molecule has 2 aromatic rings. The van der Waals surface area contributed by atoms with Gasteiger partial charge in [0, 0.05) is 0 Å². The Kier molecular flexibility index (Phi) is 3.62. The Balaban J connectivity index is 1.94. The molecule has 4 heteroatoms. The van der Waals surface area contributed by atoms with Gasteiger partial charge in [-0.25, -0.2) is 4.90 Å². The van der Waals surface area contributed by atoms with Crippen LogP contribution in [0.25, 0.3) is 6.08 Å². The number of thioether (sulfide) groups is 1. The first-order valence-corrected chi connectivity index (χ1v) is 7.36. The van der Waals surface area contributed by atoms with E-state index in [0.29, 0.717) is 10.6 Å². The Labute approximate surface area is 127 Å². The molecule has 1 aliphatic heterocycles. The summed E-state index contributed by atoms with van der Waals surface area (Å²) in [5.41, 5.74) is 2.54. The lowest BCUT2D eigenvalue weighted by molar-refractivity contribution is -0.113. The van der Waals surface area contributed by atoms with Gasteiger partial charge in [0.1, 0.15) is 0 Å². The lowest BCUT2D eigenvalue weighted by Gasteiger charge is -2.12. The number of imide groups is 1. The normalized spacial score (nSPS) is 16.8. The molecule has 0 spiro atoms. The maximum Gasteiger partial charge on any atom is 0.298 e. The van der Waals surface area contributed by atoms with Gasteiger partial charge in [-0.05, 0) is 48.0 Å². The van der Waals surface area contributed by atoms with Crippen LogP contribution in [-0.4, -0.2) is 11.1 Å². The Bertz CT molecular complexity index is 737. The van der Waals surface area contributed by atoms with Crippen molar-refractivity contribution in [2.24, 2.45) is 0 Å². The van der Waals surface area contributed by atoms with E-state index in [9.17, 15) is 9.59 Å². The molecule has 3 rings (SSSR count). The van der Waals surface area contributed by atoms with Gasteiger partial charge in [-0.2, -0.15) is 0 Å². The number of hydrogen-bond acceptors (Lipinski definition) is 3. The fourth-order valence-corrected chi connectivity index (χ4v) is 3.00. The summed E-state index contributed by atoms with van der Waals surface area (Å²) in [4.78, 5) is 26.3. The van der Waals surface area contributed by atoms with Crippen LogP contribution in [0.2, 0.25) is 0 Å². The summed E-state index contributed by atoms with van der Waals surface area (Å²) in [5, 5.41) is -0.257. The van der Waals surface area contributed by atoms with Crippen LogP contribution in [0, 0.1) is 6.92 Å². The van der Waals surface area contributed by atoms with E-state index in [1.165, 1.54) is 4.90 Å². The summed E-state index contributed by atoms with van der Waals surface area (Å²) in [6.07, 6.45) is 1.75. The van der Waals surface area contributed by atoms with Gasteiger partial charge in [0.05, 0.1) is 10.6 Å². The van der Waals surface area contributed by atoms with Crippen LogP contribution in [0.5, 0.6) is 0 Å². The smallest absolute Gasteiger partial charge is 0.268 e. The highest BCUT2D eigenvalue weighted by atomic mass is 32.2. The largest absolute Gasteiger partial charge is 0.298 e. The van der Waals surface area contributed by atoms with Crippen LogP contribution < -0.4 is 4.90 Å². The lowest BCUT2D eigenvalue weighted by atomic mass is 10.2. The van der Waals surface area contributed by atoms with Crippen LogP contribution in [0.1, 0.15) is 11.1 Å². The molecule has 1 fully saturated rings. The Morgan fingerprint density at radius 3 is 2.48 bits per heavy atom. The molecule has 0 aliphatic carbocycles. The molecule has 2 aromatic carbocycles. The summed E-state index contributed by atoms with van der Waals surface area (Å²) in [7, 11) is 0. The molecule has 1 aliphatic rings. The molecule has 0 N–H and O–H groups in total. The van der Waals surface area contributed by atoms with E-state index in [-0.39, 0.29) is 11.1 Å². The van der Waals surface area contributed by atoms with Crippen molar-refractivity contribution in [3.63, 3.8) is 0 Å². The summed E-state index contributed by atoms with van der Waals surface area (Å²) in [5.74, 6) is -0.264. The van der Waals surface area contributed by atoms with Crippen molar-refractivity contribution < 1.29 is 9.59 Å². The van der Waals surface area contributed by atoms with E-state index in [4.69, 9.17) is 0 Å². The molecule has 3 nitrogen and oxygen atoms in total. The quantitative estimate of drug-likeness (QED) is 0.778. The number of benzene rings is 2. The zero-order valence-electron chi connectivity index (χ0n) is 11.4. The minimum Gasteiger partial charge on any atom is -0.268 e. The monoisotopic (exact) mass is 295 g/mol. The molecule has 0 saturated carbocycles. The highest BCUT2D eigenvalue weighted by Gasteiger charge is 2.36. The second kappa shape index (κ2) is 5.58. The molecule has 2 amide bonds. The van der Waals surface area contributed by atoms with Gasteiger partial charge in [-0.15, -0.1) is 0 Å². The van der Waals surface area contributed by atoms with Gasteiger partial charge >= 0.3 is 0 Å². The molecular formula is C17H13NO2S. The molecule has 0 atom stereocenters. The highest BCUT2D eigenvalue weighted by Crippen LogP contribution is 2.35. The second-order valence-corrected chi connectivity index (χ2v) is 5.76. The van der Waals surface area contributed by atoms with Gasteiger partial charge in [0.25, 0.3) is 11.1 Å². The summed E-state index contributed by atoms with van der Waals surface area (Å²) < 4.78 is 0. The van der Waals surface area contributed by atoms with Crippen molar-refractivity contribution in [3.8, 4) is 0 Å². The molecule has 21 heavy (non-hydrogen) atoms. The van der Waals surface area contributed by atoms with E-state index < -0.39 is 0 Å². The maximum absolute atomic E-state index is 12.4. The fourth-order valence-electron chi connectivity index (χ4n) is 2.16. The molecule has 0 unspecified atom stereocenters. The van der Waals surface area contributed by atoms with Crippen molar-refractivity contribution in [1.29, 1.82) is 0 Å². The number of aryl methyl sites for hydroxylation is 1. The zero-order chi connectivity index (χ0) is 14.8. The third kappa shape index (κ3) is 2.76. The number of anilines is 1. The van der Waals surface area contributed by atoms with E-state index in [0.717, 1.165) is 22.9 Å². The lowest BCUT2D eigenvalue weighted by Crippen LogP contribution is -2.27. The van der Waals surface area contributed by atoms with E-state index in [2.05, 4.69) is 0 Å². The summed E-state index contributed by atoms with van der Waals surface area (Å²) in [6, 6.07) is 16.9. The average Bonchev–Trinajstić information content (AvgIpc) is 2.74. The predicted molar refractivity (Wildman–Crippen MR) is 86.1 cm³/mol. The van der Waals surface area contributed by atoms with Crippen molar-refractivity contribution >= 4 is 34.7 Å². The number of nitrogens with zero attached hydrogens (tertiary/aromatic N) is 1. The Hall–Kier alpha value is -2.33. The van der Waals surface area contributed by atoms with Crippen LogP contribution in [-0.2, 0) is 4.79 Å². The number of carbonyl (C=O) groups excluding carboxylic acids is 2. The van der Waals surface area contributed by atoms with Gasteiger partial charge in [-0.1, -0.05) is 42.5 Å². The van der Waals surface area contributed by atoms with E-state index in [1.807, 2.05) is 55.5 Å². The third-order valence-electron chi connectivity index (χ3n) is 3.15. The minimum absolute atomic E-state index is 0.257. The van der Waals surface area contributed by atoms with E-state index >= 15 is 0 Å². The molecule has 0 bridgehead atoms. The first-order valence-electron chi connectivity index (χ1n) is 6.55. The molecule has 1 saturated heterocycles. The van der Waals surface area contributed by atoms with Crippen molar-refractivity contribution in [3.05, 3.63) is 70.6 Å². The number of carbonyl (C=O) groups is 2. The van der Waals surface area contributed by atoms with Gasteiger partial charge in [-0.3, -0.25) is 9.59 Å². The third-order valence-corrected chi connectivity index (χ3v) is 4.02. The second-order valence-electron chi connectivity index (χ2n) is 4.77. The van der Waals surface area contributed by atoms with Crippen LogP contribution in [0.3, 0.4) is 0 Å². The van der Waals surface area contributed by atoms with E-state index in [1.54, 1.807) is 12.1 Å². The van der Waals surface area contributed by atoms with Gasteiger partial charge in [0.2, 0.25) is 0 Å². The first-order chi connectivity index (χ1) is 10.1. The van der Waals surface area contributed by atoms with Crippen LogP contribution >= 0.6 is 11.8 Å². The fraction of sp³-hybridized carbons (Fsp3) is 0.0588. The SMILES string of the molecule is Cc1cccc(N2C(=O)S/C(=C\c3ccccc3)C2=O)c1. The van der Waals surface area contributed by atoms with Gasteiger partial charge in [0.15, 0.2) is 0 Å². The zero-order valence-corrected chi connectivity index (χ0v) is 12.3. The standard InChI is InChI=1S/C17H13NO2S/c1-12-6-5-9-14(10-12)18-16(19)15(21-17(18)20)11-13-7-3-2-4-8-13/h2-11H,1H3/b15-11-. The van der Waals surface area contributed by atoms with Crippen molar-refractivity contribution in [2.75, 3.05) is 4.90 Å². The number of amides is 2. The Morgan fingerprint density at radius 1 is 1.00 bits per heavy atom. The summed E-state index contributed by atoms with van der Waals surface area (Å²) in [6.45, 7) is 1.93. The molecule has 0 aromatic heterocycles. The maximum atomic E-state index is 12.4. The molecule has 0 radical (unpaired) electrons. The van der Waals surface area contributed by atoms with Crippen molar-refractivity contribution in [2.45, 2.75) is 6.92 Å². The number of hydrogen-bond donors (Lipinski definition) is 0. The molecular weight excluding hydrogens is 282 g/mol. The predicted octanol–water partition coefficient (Wildman–Crippen LogP) is 4.24. The van der Waals surface area contributed by atoms with Crippen LogP contribution in [0.4, 0.5) is 10.5 Å². The molecule has 104 valence electrons.